The number of rotatable bonds is 6. The minimum atomic E-state index is -0.0308. The van der Waals surface area contributed by atoms with Gasteiger partial charge in [-0.05, 0) is 37.1 Å². The predicted octanol–water partition coefficient (Wildman–Crippen LogP) is 3.14. The molecule has 0 saturated carbocycles. The van der Waals surface area contributed by atoms with Gasteiger partial charge in [0, 0.05) is 23.5 Å². The molecule has 2 rings (SSSR count). The fourth-order valence-corrected chi connectivity index (χ4v) is 2.74. The van der Waals surface area contributed by atoms with Crippen LogP contribution in [0.1, 0.15) is 30.6 Å². The highest BCUT2D eigenvalue weighted by Crippen LogP contribution is 2.19. The zero-order valence-electron chi connectivity index (χ0n) is 12.2. The number of carbonyl (C=O) groups excluding carboxylic acids is 1. The Labute approximate surface area is 129 Å². The van der Waals surface area contributed by atoms with Crippen LogP contribution >= 0.6 is 11.8 Å². The third kappa shape index (κ3) is 4.56. The van der Waals surface area contributed by atoms with Crippen molar-refractivity contribution in [3.8, 4) is 0 Å². The summed E-state index contributed by atoms with van der Waals surface area (Å²) >= 11 is 1.51. The van der Waals surface area contributed by atoms with Crippen LogP contribution in [0, 0.1) is 6.92 Å². The molecule has 2 aromatic rings. The van der Waals surface area contributed by atoms with Gasteiger partial charge < -0.3 is 5.32 Å². The lowest BCUT2D eigenvalue weighted by atomic mass is 10.1. The van der Waals surface area contributed by atoms with Gasteiger partial charge in [-0.1, -0.05) is 13.0 Å². The fourth-order valence-electron chi connectivity index (χ4n) is 2.05. The number of amides is 1. The second-order valence-electron chi connectivity index (χ2n) is 4.71. The molecule has 4 nitrogen and oxygen atoms in total. The Morgan fingerprint density at radius 1 is 1.29 bits per heavy atom. The molecular formula is C16H19N3OS. The number of nitrogens with zero attached hydrogens (tertiary/aromatic N) is 2. The molecule has 0 aliphatic carbocycles. The summed E-state index contributed by atoms with van der Waals surface area (Å²) in [5.41, 5.74) is 2.05. The van der Waals surface area contributed by atoms with E-state index in [0.29, 0.717) is 5.75 Å². The number of nitrogens with one attached hydrogen (secondary N) is 1. The second-order valence-corrected chi connectivity index (χ2v) is 5.75. The molecule has 1 atom stereocenters. The van der Waals surface area contributed by atoms with Crippen LogP contribution < -0.4 is 5.32 Å². The number of hydrogen-bond acceptors (Lipinski definition) is 4. The molecule has 21 heavy (non-hydrogen) atoms. The summed E-state index contributed by atoms with van der Waals surface area (Å²) < 4.78 is 0. The summed E-state index contributed by atoms with van der Waals surface area (Å²) in [4.78, 5) is 21.5. The zero-order chi connectivity index (χ0) is 15.1. The van der Waals surface area contributed by atoms with Gasteiger partial charge in [-0.3, -0.25) is 14.8 Å². The normalized spacial score (nSPS) is 11.9. The van der Waals surface area contributed by atoms with Gasteiger partial charge in [0.1, 0.15) is 0 Å². The summed E-state index contributed by atoms with van der Waals surface area (Å²) in [6.45, 7) is 4.07. The van der Waals surface area contributed by atoms with Crippen molar-refractivity contribution in [2.45, 2.75) is 31.2 Å². The highest BCUT2D eigenvalue weighted by Gasteiger charge is 2.15. The molecule has 2 heterocycles. The van der Waals surface area contributed by atoms with E-state index in [-0.39, 0.29) is 11.9 Å². The van der Waals surface area contributed by atoms with E-state index < -0.39 is 0 Å². The number of hydrogen-bond donors (Lipinski definition) is 1. The van der Waals surface area contributed by atoms with Crippen molar-refractivity contribution in [2.75, 3.05) is 5.75 Å². The van der Waals surface area contributed by atoms with Crippen LogP contribution in [-0.2, 0) is 4.79 Å². The molecule has 0 radical (unpaired) electrons. The predicted molar refractivity (Wildman–Crippen MR) is 85.1 cm³/mol. The molecule has 1 N–H and O–H groups in total. The van der Waals surface area contributed by atoms with Crippen molar-refractivity contribution in [3.63, 3.8) is 0 Å². The highest BCUT2D eigenvalue weighted by atomic mass is 32.2. The Balaban J connectivity index is 1.93. The lowest BCUT2D eigenvalue weighted by Crippen LogP contribution is -2.30. The van der Waals surface area contributed by atoms with Gasteiger partial charge in [-0.15, -0.1) is 11.8 Å². The smallest absolute Gasteiger partial charge is 0.230 e. The molecule has 110 valence electrons. The fraction of sp³-hybridized carbons (Fsp3) is 0.312. The van der Waals surface area contributed by atoms with E-state index in [1.54, 1.807) is 18.6 Å². The molecular weight excluding hydrogens is 282 g/mol. The Kier molecular flexibility index (Phi) is 5.75. The van der Waals surface area contributed by atoms with Gasteiger partial charge in [0.2, 0.25) is 5.91 Å². The quantitative estimate of drug-likeness (QED) is 0.833. The van der Waals surface area contributed by atoms with E-state index in [2.05, 4.69) is 22.2 Å². The highest BCUT2D eigenvalue weighted by molar-refractivity contribution is 8.00. The average Bonchev–Trinajstić information content (AvgIpc) is 2.52. The first-order valence-corrected chi connectivity index (χ1v) is 7.93. The second kappa shape index (κ2) is 7.78. The maximum Gasteiger partial charge on any atom is 0.230 e. The SMILES string of the molecule is CC[C@@H](NC(=O)CSc1ccncc1)c1ncccc1C. The van der Waals surface area contributed by atoms with Crippen LogP contribution in [0.5, 0.6) is 0 Å². The van der Waals surface area contributed by atoms with E-state index in [4.69, 9.17) is 0 Å². The number of aromatic nitrogens is 2. The van der Waals surface area contributed by atoms with Gasteiger partial charge in [0.15, 0.2) is 0 Å². The molecule has 0 fully saturated rings. The summed E-state index contributed by atoms with van der Waals surface area (Å²) in [5.74, 6) is 0.417. The maximum absolute atomic E-state index is 12.1. The summed E-state index contributed by atoms with van der Waals surface area (Å²) in [5, 5.41) is 3.06. The van der Waals surface area contributed by atoms with Crippen molar-refractivity contribution in [1.29, 1.82) is 0 Å². The molecule has 0 aliphatic rings. The van der Waals surface area contributed by atoms with Gasteiger partial charge in [0.05, 0.1) is 17.5 Å². The minimum absolute atomic E-state index is 0.0220. The van der Waals surface area contributed by atoms with Crippen molar-refractivity contribution in [1.82, 2.24) is 15.3 Å². The van der Waals surface area contributed by atoms with Crippen LogP contribution in [0.2, 0.25) is 0 Å². The Bertz CT molecular complexity index is 589. The molecule has 5 heteroatoms. The third-order valence-corrected chi connectivity index (χ3v) is 4.16. The number of thioether (sulfide) groups is 1. The average molecular weight is 301 g/mol. The van der Waals surface area contributed by atoms with Crippen LogP contribution in [0.4, 0.5) is 0 Å². The summed E-state index contributed by atoms with van der Waals surface area (Å²) in [6, 6.07) is 7.70. The lowest BCUT2D eigenvalue weighted by Gasteiger charge is -2.18. The lowest BCUT2D eigenvalue weighted by molar-refractivity contribution is -0.119. The van der Waals surface area contributed by atoms with E-state index >= 15 is 0 Å². The summed E-state index contributed by atoms with van der Waals surface area (Å²) in [7, 11) is 0. The van der Waals surface area contributed by atoms with Gasteiger partial charge >= 0.3 is 0 Å². The molecule has 2 aromatic heterocycles. The molecule has 1 amide bonds. The van der Waals surface area contributed by atoms with Crippen molar-refractivity contribution < 1.29 is 4.79 Å². The van der Waals surface area contributed by atoms with Crippen LogP contribution in [-0.4, -0.2) is 21.6 Å². The number of carbonyl (C=O) groups is 1. The molecule has 0 aliphatic heterocycles. The Morgan fingerprint density at radius 2 is 2.05 bits per heavy atom. The number of pyridine rings is 2. The Hall–Kier alpha value is -1.88. The molecule has 0 unspecified atom stereocenters. The Morgan fingerprint density at radius 3 is 2.71 bits per heavy atom. The van der Waals surface area contributed by atoms with Crippen molar-refractivity contribution in [2.24, 2.45) is 0 Å². The van der Waals surface area contributed by atoms with E-state index in [9.17, 15) is 4.79 Å². The molecule has 0 aromatic carbocycles. The molecule has 0 saturated heterocycles. The summed E-state index contributed by atoms with van der Waals surface area (Å²) in [6.07, 6.45) is 6.05. The first-order chi connectivity index (χ1) is 10.2. The minimum Gasteiger partial charge on any atom is -0.347 e. The largest absolute Gasteiger partial charge is 0.347 e. The first kappa shape index (κ1) is 15.5. The van der Waals surface area contributed by atoms with Crippen LogP contribution in [0.15, 0.2) is 47.8 Å². The van der Waals surface area contributed by atoms with E-state index in [0.717, 1.165) is 22.6 Å². The topological polar surface area (TPSA) is 54.9 Å². The standard InChI is InChI=1S/C16H19N3OS/c1-3-14(16-12(2)5-4-8-18-16)19-15(20)11-21-13-6-9-17-10-7-13/h4-10,14H,3,11H2,1-2H3,(H,19,20)/t14-/m1/s1. The van der Waals surface area contributed by atoms with Gasteiger partial charge in [0.25, 0.3) is 0 Å². The van der Waals surface area contributed by atoms with Crippen LogP contribution in [0.25, 0.3) is 0 Å². The van der Waals surface area contributed by atoms with E-state index in [1.165, 1.54) is 11.8 Å². The molecule has 0 bridgehead atoms. The monoisotopic (exact) mass is 301 g/mol. The number of aryl methyl sites for hydroxylation is 1. The molecule has 0 spiro atoms. The van der Waals surface area contributed by atoms with E-state index in [1.807, 2.05) is 31.2 Å². The van der Waals surface area contributed by atoms with Gasteiger partial charge in [-0.25, -0.2) is 0 Å². The first-order valence-electron chi connectivity index (χ1n) is 6.94. The van der Waals surface area contributed by atoms with Crippen molar-refractivity contribution in [3.05, 3.63) is 54.1 Å². The zero-order valence-corrected chi connectivity index (χ0v) is 13.1. The maximum atomic E-state index is 12.1. The third-order valence-electron chi connectivity index (χ3n) is 3.14. The van der Waals surface area contributed by atoms with Gasteiger partial charge in [-0.2, -0.15) is 0 Å². The van der Waals surface area contributed by atoms with Crippen LogP contribution in [0.3, 0.4) is 0 Å². The van der Waals surface area contributed by atoms with Crippen molar-refractivity contribution >= 4 is 17.7 Å².